The first kappa shape index (κ1) is 30.8. The molecule has 11 aromatic rings. The predicted octanol–water partition coefficient (Wildman–Crippen LogP) is 13.9. The maximum atomic E-state index is 5.34. The number of hydrogen-bond donors (Lipinski definition) is 0. The van der Waals surface area contributed by atoms with Crippen LogP contribution in [-0.2, 0) is 5.41 Å². The van der Waals surface area contributed by atoms with Crippen LogP contribution in [0.15, 0.2) is 164 Å². The molecular weight excluding hydrogens is 687 g/mol. The number of benzene rings is 8. The van der Waals surface area contributed by atoms with Gasteiger partial charge in [-0.25, -0.2) is 9.97 Å². The van der Waals surface area contributed by atoms with Crippen LogP contribution in [0.5, 0.6) is 0 Å². The summed E-state index contributed by atoms with van der Waals surface area (Å²) >= 11 is 1.90. The highest BCUT2D eigenvalue weighted by Gasteiger charge is 2.35. The van der Waals surface area contributed by atoms with Gasteiger partial charge in [-0.1, -0.05) is 129 Å². The molecule has 258 valence electrons. The van der Waals surface area contributed by atoms with Gasteiger partial charge in [0.1, 0.15) is 0 Å². The molecule has 12 rings (SSSR count). The van der Waals surface area contributed by atoms with Gasteiger partial charge in [0, 0.05) is 69.3 Å². The van der Waals surface area contributed by atoms with Gasteiger partial charge in [-0.15, -0.1) is 11.3 Å². The van der Waals surface area contributed by atoms with Crippen LogP contribution in [0.3, 0.4) is 0 Å². The van der Waals surface area contributed by atoms with Gasteiger partial charge in [0.05, 0.1) is 22.2 Å². The van der Waals surface area contributed by atoms with E-state index in [-0.39, 0.29) is 5.41 Å². The summed E-state index contributed by atoms with van der Waals surface area (Å²) in [5.74, 6) is 0.724. The Balaban J connectivity index is 1.05. The third-order valence-corrected chi connectivity index (χ3v) is 13.2. The Hall–Kier alpha value is -6.62. The highest BCUT2D eigenvalue weighted by atomic mass is 32.1. The summed E-state index contributed by atoms with van der Waals surface area (Å²) in [5.41, 5.74) is 12.8. The zero-order valence-electron chi connectivity index (χ0n) is 30.3. The van der Waals surface area contributed by atoms with Crippen LogP contribution in [0.4, 0.5) is 0 Å². The molecule has 0 radical (unpaired) electrons. The fourth-order valence-corrected chi connectivity index (χ4v) is 10.7. The van der Waals surface area contributed by atoms with Crippen molar-refractivity contribution in [1.82, 2.24) is 14.5 Å². The summed E-state index contributed by atoms with van der Waals surface area (Å²) in [6.45, 7) is 4.66. The van der Waals surface area contributed by atoms with E-state index in [9.17, 15) is 0 Å². The van der Waals surface area contributed by atoms with Crippen LogP contribution in [-0.4, -0.2) is 14.5 Å². The molecule has 0 atom stereocenters. The van der Waals surface area contributed by atoms with Crippen molar-refractivity contribution in [3.8, 4) is 39.5 Å². The maximum Gasteiger partial charge on any atom is 0.160 e. The van der Waals surface area contributed by atoms with Gasteiger partial charge in [0.15, 0.2) is 5.82 Å². The number of thiophene rings is 1. The lowest BCUT2D eigenvalue weighted by atomic mass is 9.82. The Morgan fingerprint density at radius 2 is 1.16 bits per heavy atom. The second-order valence-corrected chi connectivity index (χ2v) is 16.4. The van der Waals surface area contributed by atoms with Crippen molar-refractivity contribution < 1.29 is 0 Å². The zero-order chi connectivity index (χ0) is 36.4. The molecule has 8 aromatic carbocycles. The first-order valence-corrected chi connectivity index (χ1v) is 19.7. The van der Waals surface area contributed by atoms with Crippen LogP contribution in [0.25, 0.3) is 103 Å². The monoisotopic (exact) mass is 719 g/mol. The molecule has 1 aliphatic rings. The first-order chi connectivity index (χ1) is 27.0. The molecule has 4 heteroatoms. The fourth-order valence-electron chi connectivity index (χ4n) is 9.42. The minimum Gasteiger partial charge on any atom is -0.309 e. The van der Waals surface area contributed by atoms with Gasteiger partial charge in [0.2, 0.25) is 0 Å². The van der Waals surface area contributed by atoms with Gasteiger partial charge >= 0.3 is 0 Å². The van der Waals surface area contributed by atoms with Crippen LogP contribution in [0.2, 0.25) is 0 Å². The fraction of sp³-hybridized carbons (Fsp3) is 0.0588. The van der Waals surface area contributed by atoms with Crippen molar-refractivity contribution in [2.75, 3.05) is 0 Å². The summed E-state index contributed by atoms with van der Waals surface area (Å²) in [5, 5.41) is 8.86. The van der Waals surface area contributed by atoms with E-state index in [0.717, 1.165) is 39.2 Å². The van der Waals surface area contributed by atoms with Crippen LogP contribution in [0, 0.1) is 0 Å². The van der Waals surface area contributed by atoms with Crippen molar-refractivity contribution in [2.45, 2.75) is 19.3 Å². The van der Waals surface area contributed by atoms with Crippen molar-refractivity contribution in [3.05, 3.63) is 175 Å². The van der Waals surface area contributed by atoms with Crippen molar-refractivity contribution in [1.29, 1.82) is 0 Å². The van der Waals surface area contributed by atoms with E-state index in [2.05, 4.69) is 182 Å². The van der Waals surface area contributed by atoms with Crippen molar-refractivity contribution in [3.63, 3.8) is 0 Å². The zero-order valence-corrected chi connectivity index (χ0v) is 31.2. The summed E-state index contributed by atoms with van der Waals surface area (Å²) in [4.78, 5) is 10.5. The third kappa shape index (κ3) is 4.26. The lowest BCUT2D eigenvalue weighted by molar-refractivity contribution is 0.660. The molecule has 0 unspecified atom stereocenters. The average Bonchev–Trinajstić information content (AvgIpc) is 3.87. The Bertz CT molecular complexity index is 3400. The summed E-state index contributed by atoms with van der Waals surface area (Å²) in [6, 6.07) is 59.5. The van der Waals surface area contributed by atoms with Crippen LogP contribution < -0.4 is 0 Å². The highest BCUT2D eigenvalue weighted by Crippen LogP contribution is 2.50. The van der Waals surface area contributed by atoms with E-state index in [4.69, 9.17) is 9.97 Å². The smallest absolute Gasteiger partial charge is 0.160 e. The van der Waals surface area contributed by atoms with Gasteiger partial charge < -0.3 is 4.57 Å². The van der Waals surface area contributed by atoms with Crippen LogP contribution in [0.1, 0.15) is 25.0 Å². The lowest BCUT2D eigenvalue weighted by Crippen LogP contribution is -2.14. The van der Waals surface area contributed by atoms with Crippen LogP contribution >= 0.6 is 11.3 Å². The first-order valence-electron chi connectivity index (χ1n) is 18.9. The molecule has 3 heterocycles. The summed E-state index contributed by atoms with van der Waals surface area (Å²) in [7, 11) is 0. The number of hydrogen-bond acceptors (Lipinski definition) is 3. The Morgan fingerprint density at radius 1 is 0.509 bits per heavy atom. The summed E-state index contributed by atoms with van der Waals surface area (Å²) in [6.07, 6.45) is 0. The molecule has 0 fully saturated rings. The molecule has 1 aliphatic carbocycles. The van der Waals surface area contributed by atoms with Gasteiger partial charge in [-0.2, -0.15) is 0 Å². The maximum absolute atomic E-state index is 5.34. The molecule has 0 amide bonds. The Morgan fingerprint density at radius 3 is 2.02 bits per heavy atom. The van der Waals surface area contributed by atoms with E-state index in [1.165, 1.54) is 75.0 Å². The second kappa shape index (κ2) is 11.2. The largest absolute Gasteiger partial charge is 0.309 e. The average molecular weight is 720 g/mol. The van der Waals surface area contributed by atoms with E-state index >= 15 is 0 Å². The minimum absolute atomic E-state index is 0.0934. The van der Waals surface area contributed by atoms with Crippen molar-refractivity contribution >= 4 is 75.0 Å². The third-order valence-electron chi connectivity index (χ3n) is 12.0. The minimum atomic E-state index is -0.0934. The molecule has 3 aromatic heterocycles. The van der Waals surface area contributed by atoms with E-state index < -0.39 is 0 Å². The SMILES string of the molecule is CC1(C)c2ccccc2-c2ccc(-c3nc(-c4ccc(-n5c6ccccc6c6c7c8ccccc8sc7c7ccccc7c65)cc4)nc4ccccc34)cc21. The number of para-hydroxylation sites is 2. The Labute approximate surface area is 321 Å². The van der Waals surface area contributed by atoms with Gasteiger partial charge in [-0.3, -0.25) is 0 Å². The van der Waals surface area contributed by atoms with E-state index in [1.54, 1.807) is 0 Å². The molecule has 0 aliphatic heterocycles. The van der Waals surface area contributed by atoms with E-state index in [0.29, 0.717) is 0 Å². The molecular formula is C51H33N3S. The standard InChI is InChI=1S/C51H33N3S/c1-51(2)40-19-9-5-13-33(40)34-28-25-31(29-41(34)51)47-37-16-6-10-20-42(37)52-50(53-47)30-23-26-32(27-24-30)54-43-21-11-7-17-38(43)45-46-39-18-8-12-22-44(39)55-49(46)36-15-4-3-14-35(36)48(45)54/h3-29H,1-2H3. The normalized spacial score (nSPS) is 13.4. The number of rotatable bonds is 3. The number of aromatic nitrogens is 3. The molecule has 0 spiro atoms. The molecule has 0 N–H and O–H groups in total. The molecule has 0 saturated heterocycles. The van der Waals surface area contributed by atoms with Gasteiger partial charge in [-0.05, 0) is 70.8 Å². The molecule has 0 bridgehead atoms. The highest BCUT2D eigenvalue weighted by molar-refractivity contribution is 7.27. The number of nitrogens with zero attached hydrogens (tertiary/aromatic N) is 3. The van der Waals surface area contributed by atoms with Crippen molar-refractivity contribution in [2.24, 2.45) is 0 Å². The number of fused-ring (bicyclic) bond motifs is 14. The molecule has 3 nitrogen and oxygen atoms in total. The molecule has 55 heavy (non-hydrogen) atoms. The second-order valence-electron chi connectivity index (χ2n) is 15.3. The summed E-state index contributed by atoms with van der Waals surface area (Å²) < 4.78 is 5.13. The quantitative estimate of drug-likeness (QED) is 0.182. The predicted molar refractivity (Wildman–Crippen MR) is 233 cm³/mol. The Kier molecular flexibility index (Phi) is 6.27. The topological polar surface area (TPSA) is 30.7 Å². The lowest BCUT2D eigenvalue weighted by Gasteiger charge is -2.22. The molecule has 0 saturated carbocycles. The van der Waals surface area contributed by atoms with Gasteiger partial charge in [0.25, 0.3) is 0 Å². The van der Waals surface area contributed by atoms with E-state index in [1.807, 2.05) is 11.3 Å².